The second-order valence-electron chi connectivity index (χ2n) is 4.77. The van der Waals surface area contributed by atoms with Gasteiger partial charge in [-0.1, -0.05) is 6.92 Å². The first-order chi connectivity index (χ1) is 7.97. The molecule has 1 N–H and O–H groups in total. The second-order valence-corrected chi connectivity index (χ2v) is 4.77. The summed E-state index contributed by atoms with van der Waals surface area (Å²) in [6.45, 7) is 5.96. The molecule has 98 valence electrons. The van der Waals surface area contributed by atoms with Gasteiger partial charge < -0.3 is 14.9 Å². The molecule has 2 atom stereocenters. The summed E-state index contributed by atoms with van der Waals surface area (Å²) in [5.41, 5.74) is 0. The lowest BCUT2D eigenvalue weighted by Gasteiger charge is -2.31. The molecule has 5 heteroatoms. The maximum Gasteiger partial charge on any atom is 0.315 e. The van der Waals surface area contributed by atoms with E-state index in [2.05, 4.69) is 4.90 Å². The Morgan fingerprint density at radius 1 is 1.41 bits per heavy atom. The topological polar surface area (TPSA) is 60.9 Å². The molecule has 1 rings (SSSR count). The zero-order valence-electron chi connectivity index (χ0n) is 10.8. The number of carboxylic acid groups (broad SMARTS) is 1. The van der Waals surface area contributed by atoms with Crippen molar-refractivity contribution in [2.24, 2.45) is 5.92 Å². The molecule has 1 fully saturated rings. The summed E-state index contributed by atoms with van der Waals surface area (Å²) in [6.07, 6.45) is 1.77. The Hall–Kier alpha value is -1.10. The fraction of sp³-hybridized carbons (Fsp3) is 0.833. The monoisotopic (exact) mass is 242 g/mol. The highest BCUT2D eigenvalue weighted by Gasteiger charge is 2.31. The molecule has 5 nitrogen and oxygen atoms in total. The summed E-state index contributed by atoms with van der Waals surface area (Å²) in [6, 6.07) is 0.136. The first kappa shape index (κ1) is 14.0. The highest BCUT2D eigenvalue weighted by Crippen LogP contribution is 2.15. The largest absolute Gasteiger partial charge is 0.481 e. The standard InChI is InChI=1S/C12H22N2O3/c1-4-10-8-13(3)6-5-7-14(10)11(15)9(2)12(16)17/h9-10H,4-8H2,1-3H3,(H,16,17). The van der Waals surface area contributed by atoms with E-state index in [4.69, 9.17) is 5.11 Å². The van der Waals surface area contributed by atoms with Crippen LogP contribution in [0.5, 0.6) is 0 Å². The molecule has 0 aromatic heterocycles. The van der Waals surface area contributed by atoms with Gasteiger partial charge in [-0.05, 0) is 33.4 Å². The van der Waals surface area contributed by atoms with Crippen molar-refractivity contribution >= 4 is 11.9 Å². The fourth-order valence-electron chi connectivity index (χ4n) is 2.24. The zero-order chi connectivity index (χ0) is 13.0. The van der Waals surface area contributed by atoms with Crippen LogP contribution in [0.25, 0.3) is 0 Å². The van der Waals surface area contributed by atoms with Crippen molar-refractivity contribution in [2.75, 3.05) is 26.7 Å². The van der Waals surface area contributed by atoms with Crippen molar-refractivity contribution in [2.45, 2.75) is 32.7 Å². The van der Waals surface area contributed by atoms with Crippen LogP contribution in [0.1, 0.15) is 26.7 Å². The third-order valence-electron chi connectivity index (χ3n) is 3.40. The summed E-state index contributed by atoms with van der Waals surface area (Å²) in [4.78, 5) is 26.9. The number of carbonyl (C=O) groups is 2. The van der Waals surface area contributed by atoms with Gasteiger partial charge in [-0.25, -0.2) is 0 Å². The van der Waals surface area contributed by atoms with Crippen molar-refractivity contribution in [3.05, 3.63) is 0 Å². The minimum absolute atomic E-state index is 0.136. The number of hydrogen-bond acceptors (Lipinski definition) is 3. The molecule has 0 spiro atoms. The first-order valence-electron chi connectivity index (χ1n) is 6.19. The average Bonchev–Trinajstić information content (AvgIpc) is 2.48. The molecule has 0 radical (unpaired) electrons. The Labute approximate surface area is 102 Å². The van der Waals surface area contributed by atoms with Gasteiger partial charge in [0.15, 0.2) is 0 Å². The normalized spacial score (nSPS) is 24.2. The van der Waals surface area contributed by atoms with E-state index in [-0.39, 0.29) is 11.9 Å². The Morgan fingerprint density at radius 2 is 2.06 bits per heavy atom. The van der Waals surface area contributed by atoms with E-state index in [1.165, 1.54) is 6.92 Å². The van der Waals surface area contributed by atoms with E-state index >= 15 is 0 Å². The van der Waals surface area contributed by atoms with Crippen LogP contribution in [0.2, 0.25) is 0 Å². The lowest BCUT2D eigenvalue weighted by Crippen LogP contribution is -2.47. The molecule has 1 amide bonds. The number of carboxylic acids is 1. The van der Waals surface area contributed by atoms with Crippen LogP contribution in [-0.4, -0.2) is 59.5 Å². The van der Waals surface area contributed by atoms with E-state index in [0.29, 0.717) is 6.54 Å². The predicted molar refractivity (Wildman–Crippen MR) is 64.7 cm³/mol. The molecule has 1 aliphatic heterocycles. The summed E-state index contributed by atoms with van der Waals surface area (Å²) in [5, 5.41) is 8.91. The quantitative estimate of drug-likeness (QED) is 0.738. The van der Waals surface area contributed by atoms with Gasteiger partial charge in [0.1, 0.15) is 5.92 Å². The molecule has 1 aliphatic rings. The summed E-state index contributed by atoms with van der Waals surface area (Å²) in [7, 11) is 2.04. The lowest BCUT2D eigenvalue weighted by molar-refractivity contribution is -0.151. The molecule has 17 heavy (non-hydrogen) atoms. The van der Waals surface area contributed by atoms with Crippen LogP contribution < -0.4 is 0 Å². The minimum atomic E-state index is -1.04. The minimum Gasteiger partial charge on any atom is -0.481 e. The summed E-state index contributed by atoms with van der Waals surface area (Å²) in [5.74, 6) is -2.23. The molecule has 0 aliphatic carbocycles. The fourth-order valence-corrected chi connectivity index (χ4v) is 2.24. The zero-order valence-corrected chi connectivity index (χ0v) is 10.8. The van der Waals surface area contributed by atoms with Gasteiger partial charge >= 0.3 is 5.97 Å². The maximum absolute atomic E-state index is 12.1. The smallest absolute Gasteiger partial charge is 0.315 e. The van der Waals surface area contributed by atoms with E-state index in [9.17, 15) is 9.59 Å². The molecule has 0 aromatic rings. The van der Waals surface area contributed by atoms with Crippen LogP contribution in [0, 0.1) is 5.92 Å². The second kappa shape index (κ2) is 6.00. The number of amides is 1. The Kier molecular flexibility index (Phi) is 4.93. The molecule has 0 bridgehead atoms. The van der Waals surface area contributed by atoms with E-state index in [1.54, 1.807) is 4.90 Å². The van der Waals surface area contributed by atoms with Crippen LogP contribution in [0.4, 0.5) is 0 Å². The average molecular weight is 242 g/mol. The predicted octanol–water partition coefficient (Wildman–Crippen LogP) is 0.650. The molecular weight excluding hydrogens is 220 g/mol. The van der Waals surface area contributed by atoms with Gasteiger partial charge in [0.05, 0.1) is 0 Å². The molecule has 0 aromatic carbocycles. The van der Waals surface area contributed by atoms with Crippen LogP contribution >= 0.6 is 0 Å². The lowest BCUT2D eigenvalue weighted by atomic mass is 10.1. The van der Waals surface area contributed by atoms with E-state index in [1.807, 2.05) is 14.0 Å². The Morgan fingerprint density at radius 3 is 2.59 bits per heavy atom. The van der Waals surface area contributed by atoms with Crippen LogP contribution in [0.15, 0.2) is 0 Å². The van der Waals surface area contributed by atoms with Gasteiger partial charge in [-0.3, -0.25) is 9.59 Å². The maximum atomic E-state index is 12.1. The summed E-state index contributed by atoms with van der Waals surface area (Å²) >= 11 is 0. The number of nitrogens with zero attached hydrogens (tertiary/aromatic N) is 2. The van der Waals surface area contributed by atoms with Gasteiger partial charge in [0, 0.05) is 19.1 Å². The third-order valence-corrected chi connectivity index (χ3v) is 3.40. The van der Waals surface area contributed by atoms with Crippen LogP contribution in [0.3, 0.4) is 0 Å². The van der Waals surface area contributed by atoms with Gasteiger partial charge in [0.25, 0.3) is 0 Å². The van der Waals surface area contributed by atoms with Crippen molar-refractivity contribution in [3.63, 3.8) is 0 Å². The SMILES string of the molecule is CCC1CN(C)CCCN1C(=O)C(C)C(=O)O. The summed E-state index contributed by atoms with van der Waals surface area (Å²) < 4.78 is 0. The van der Waals surface area contributed by atoms with Gasteiger partial charge in [0.2, 0.25) is 5.91 Å². The third kappa shape index (κ3) is 3.43. The number of aliphatic carboxylic acids is 1. The number of likely N-dealkylation sites (N-methyl/N-ethyl adjacent to an activating group) is 1. The number of carbonyl (C=O) groups excluding carboxylic acids is 1. The van der Waals surface area contributed by atoms with Crippen molar-refractivity contribution < 1.29 is 14.7 Å². The van der Waals surface area contributed by atoms with Crippen molar-refractivity contribution in [1.82, 2.24) is 9.80 Å². The molecule has 0 saturated carbocycles. The number of rotatable bonds is 3. The number of hydrogen-bond donors (Lipinski definition) is 1. The Bertz CT molecular complexity index is 293. The van der Waals surface area contributed by atoms with Crippen molar-refractivity contribution in [3.8, 4) is 0 Å². The molecule has 1 saturated heterocycles. The van der Waals surface area contributed by atoms with Gasteiger partial charge in [-0.15, -0.1) is 0 Å². The van der Waals surface area contributed by atoms with Gasteiger partial charge in [-0.2, -0.15) is 0 Å². The molecule has 2 unspecified atom stereocenters. The van der Waals surface area contributed by atoms with Crippen LogP contribution in [-0.2, 0) is 9.59 Å². The highest BCUT2D eigenvalue weighted by molar-refractivity contribution is 5.96. The molecule has 1 heterocycles. The van der Waals surface area contributed by atoms with Crippen molar-refractivity contribution in [1.29, 1.82) is 0 Å². The van der Waals surface area contributed by atoms with E-state index in [0.717, 1.165) is 25.9 Å². The van der Waals surface area contributed by atoms with E-state index < -0.39 is 11.9 Å². The highest BCUT2D eigenvalue weighted by atomic mass is 16.4. The first-order valence-corrected chi connectivity index (χ1v) is 6.19. The Balaban J connectivity index is 2.78. The molecular formula is C12H22N2O3.